The first-order valence-corrected chi connectivity index (χ1v) is 25.7. The first kappa shape index (κ1) is 62.8. The van der Waals surface area contributed by atoms with Crippen LogP contribution in [0.25, 0.3) is 22.9 Å². The molecule has 82 heavy (non-hydrogen) atoms. The molecule has 0 saturated carbocycles. The molecule has 442 valence electrons. The number of esters is 1. The van der Waals surface area contributed by atoms with Crippen LogP contribution in [0.15, 0.2) is 90.2 Å². The average Bonchev–Trinajstić information content (AvgIpc) is 2.65. The van der Waals surface area contributed by atoms with Crippen molar-refractivity contribution >= 4 is 34.1 Å². The van der Waals surface area contributed by atoms with Gasteiger partial charge < -0.3 is 37.9 Å². The second-order valence-electron chi connectivity index (χ2n) is 16.5. The largest absolute Gasteiger partial charge is 0.510 e. The predicted octanol–water partition coefficient (Wildman–Crippen LogP) is 5.39. The molecule has 0 radical (unpaired) electrons. The molecular formula is C47H56N12O22S. The molecule has 34 nitrogen and oxygen atoms in total. The number of anilines is 1. The molecule has 0 aliphatic rings. The predicted molar refractivity (Wildman–Crippen MR) is 266 cm³/mol. The summed E-state index contributed by atoms with van der Waals surface area (Å²) in [5, 5.41) is 62.8. The minimum absolute atomic E-state index is 0.0204. The lowest BCUT2D eigenvalue weighted by Crippen LogP contribution is -2.42. The number of methoxy groups -OCH3 is 1. The van der Waals surface area contributed by atoms with Crippen LogP contribution in [0.4, 0.5) is 15.4 Å². The lowest BCUT2D eigenvalue weighted by atomic mass is 10.1. The van der Waals surface area contributed by atoms with Crippen molar-refractivity contribution in [2.45, 2.75) is 70.5 Å². The van der Waals surface area contributed by atoms with Crippen molar-refractivity contribution in [3.8, 4) is 46.0 Å². The molecule has 0 spiro atoms. The fraction of sp³-hybridized carbons (Fsp3) is 0.362. The summed E-state index contributed by atoms with van der Waals surface area (Å²) in [6, 6.07) is 17.5. The van der Waals surface area contributed by atoms with Crippen molar-refractivity contribution in [3.63, 3.8) is 0 Å². The summed E-state index contributed by atoms with van der Waals surface area (Å²) in [5.41, 5.74) is 1.08. The van der Waals surface area contributed by atoms with Gasteiger partial charge >= 0.3 is 18.3 Å². The number of unbranched alkanes of at least 4 members (excludes halogenated alkanes) is 2. The van der Waals surface area contributed by atoms with Crippen LogP contribution < -0.4 is 18.5 Å². The fourth-order valence-corrected chi connectivity index (χ4v) is 8.33. The number of carbonyl (C=O) groups is 3. The smallest absolute Gasteiger partial charge is 0.493 e. The van der Waals surface area contributed by atoms with E-state index in [4.69, 9.17) is 74.1 Å². The molecule has 35 heteroatoms. The lowest BCUT2D eigenvalue weighted by Gasteiger charge is -2.30. The summed E-state index contributed by atoms with van der Waals surface area (Å²) >= 11 is 0. The third-order valence-corrected chi connectivity index (χ3v) is 12.4. The Hall–Kier alpha value is -8.43. The molecule has 6 aromatic rings. The number of sulfonamides is 1. The molecule has 0 amide bonds. The molecule has 0 aliphatic carbocycles. The highest BCUT2D eigenvalue weighted by Gasteiger charge is 2.39. The standard InChI is InChI=1S/C47H56N12O22S/c1-30-16-17-39(49-28-30)82(69,70)56(32(3)80-47(62)75-21-8-10-23-77-58(65)66)43-40(81-38-15-6-5-14-37(38)71-4)44(72-24-25-73-45(60)35-13-11-12-33(26-35)29-78-59(67)68)51-41(50-43)34-18-19-48-36(27-34)42-52-53-54-55(42)31(2)79-46(61)74-20-7-9-22-76-57(63)64/h5-6,11-19,26-28,31-32,63-68H,7-10,20-25,29H2,1-4H3. The molecule has 2 atom stereocenters. The molecule has 0 aliphatic heterocycles. The number of aryl methyl sites for hydroxylation is 1. The van der Waals surface area contributed by atoms with Crippen LogP contribution in [0.2, 0.25) is 0 Å². The minimum Gasteiger partial charge on any atom is -0.493 e. The summed E-state index contributed by atoms with van der Waals surface area (Å²) in [4.78, 5) is 71.0. The lowest BCUT2D eigenvalue weighted by molar-refractivity contribution is -0.497. The van der Waals surface area contributed by atoms with E-state index >= 15 is 8.42 Å². The third kappa shape index (κ3) is 18.6. The Morgan fingerprint density at radius 2 is 1.38 bits per heavy atom. The monoisotopic (exact) mass is 1170 g/mol. The number of tetrazole rings is 1. The number of rotatable bonds is 32. The minimum atomic E-state index is -5.03. The summed E-state index contributed by atoms with van der Waals surface area (Å²) in [6.45, 7) is 2.31. The maximum absolute atomic E-state index is 15.2. The SMILES string of the molecule is COc1ccccc1Oc1c(OCCOC(=O)c2cccc(CON(O)O)c2)nc(-c2ccnc(-c3nnnn3C(C)OC(=O)OCCCCON(O)O)c2)nc1N(C(C)OC(=O)OCCCCON(O)O)S(=O)(=O)c1ccc(C)cn1. The number of para-hydroxylation sites is 2. The van der Waals surface area contributed by atoms with Gasteiger partial charge in [0, 0.05) is 18.0 Å². The first-order valence-electron chi connectivity index (χ1n) is 24.3. The van der Waals surface area contributed by atoms with Crippen molar-refractivity contribution in [3.05, 3.63) is 102 Å². The van der Waals surface area contributed by atoms with Gasteiger partial charge in [-0.15, -0.1) is 5.10 Å². The molecule has 2 unspecified atom stereocenters. The number of ether oxygens (including phenoxy) is 8. The van der Waals surface area contributed by atoms with Crippen molar-refractivity contribution < 1.29 is 106 Å². The van der Waals surface area contributed by atoms with Crippen LogP contribution in [-0.4, -0.2) is 167 Å². The van der Waals surface area contributed by atoms with Crippen LogP contribution in [-0.2, 0) is 54.8 Å². The van der Waals surface area contributed by atoms with Gasteiger partial charge in [-0.05, 0) is 110 Å². The van der Waals surface area contributed by atoms with E-state index in [2.05, 4.69) is 45.0 Å². The van der Waals surface area contributed by atoms with Crippen molar-refractivity contribution in [2.75, 3.05) is 51.1 Å². The number of carbonyl (C=O) groups excluding carboxylic acids is 3. The van der Waals surface area contributed by atoms with Gasteiger partial charge in [-0.1, -0.05) is 30.3 Å². The van der Waals surface area contributed by atoms with Gasteiger partial charge in [-0.25, -0.2) is 33.5 Å². The zero-order chi connectivity index (χ0) is 59.2. The van der Waals surface area contributed by atoms with Gasteiger partial charge in [0.2, 0.25) is 11.6 Å². The van der Waals surface area contributed by atoms with Gasteiger partial charge in [0.05, 0.1) is 61.9 Å². The Labute approximate surface area is 465 Å². The molecule has 0 bridgehead atoms. The zero-order valence-corrected chi connectivity index (χ0v) is 44.8. The number of hydrogen-bond donors (Lipinski definition) is 6. The fourth-order valence-electron chi connectivity index (χ4n) is 6.92. The quantitative estimate of drug-likeness (QED) is 0.0101. The number of benzene rings is 2. The van der Waals surface area contributed by atoms with E-state index in [9.17, 15) is 14.4 Å². The Kier molecular flexibility index (Phi) is 23.7. The van der Waals surface area contributed by atoms with Crippen molar-refractivity contribution in [1.29, 1.82) is 0 Å². The Morgan fingerprint density at radius 3 is 2.04 bits per heavy atom. The van der Waals surface area contributed by atoms with Crippen molar-refractivity contribution in [1.82, 2.24) is 56.3 Å². The van der Waals surface area contributed by atoms with E-state index in [1.165, 1.54) is 87.9 Å². The molecule has 2 aromatic carbocycles. The Balaban J connectivity index is 1.44. The second kappa shape index (κ2) is 31.0. The maximum atomic E-state index is 15.2. The molecule has 6 rings (SSSR count). The Morgan fingerprint density at radius 1 is 0.707 bits per heavy atom. The Bertz CT molecular complexity index is 3140. The van der Waals surface area contributed by atoms with Crippen LogP contribution in [0.3, 0.4) is 0 Å². The van der Waals surface area contributed by atoms with E-state index in [0.717, 1.165) is 4.68 Å². The van der Waals surface area contributed by atoms with E-state index < -0.39 is 92.6 Å². The molecule has 0 fully saturated rings. The molecule has 4 heterocycles. The molecule has 0 saturated heterocycles. The highest BCUT2D eigenvalue weighted by molar-refractivity contribution is 7.92. The van der Waals surface area contributed by atoms with Crippen LogP contribution >= 0.6 is 0 Å². The highest BCUT2D eigenvalue weighted by atomic mass is 32.2. The normalized spacial score (nSPS) is 12.2. The summed E-state index contributed by atoms with van der Waals surface area (Å²) in [6.07, 6.45) is -2.09. The van der Waals surface area contributed by atoms with Gasteiger partial charge in [0.1, 0.15) is 18.9 Å². The van der Waals surface area contributed by atoms with Gasteiger partial charge in [0.25, 0.3) is 15.9 Å². The molecule has 4 aromatic heterocycles. The van der Waals surface area contributed by atoms with E-state index in [0.29, 0.717) is 15.4 Å². The number of pyridine rings is 2. The molecular weight excluding hydrogens is 1120 g/mol. The van der Waals surface area contributed by atoms with Gasteiger partial charge in [0.15, 0.2) is 40.6 Å². The van der Waals surface area contributed by atoms with E-state index in [1.807, 2.05) is 0 Å². The number of hydrogen-bond acceptors (Lipinski definition) is 32. The van der Waals surface area contributed by atoms with Crippen molar-refractivity contribution in [2.24, 2.45) is 0 Å². The summed E-state index contributed by atoms with van der Waals surface area (Å²) in [7, 11) is -3.69. The zero-order valence-electron chi connectivity index (χ0n) is 44.0. The third-order valence-electron chi connectivity index (χ3n) is 10.7. The van der Waals surface area contributed by atoms with E-state index in [1.54, 1.807) is 25.1 Å². The van der Waals surface area contributed by atoms with Crippen LogP contribution in [0.1, 0.15) is 67.2 Å². The topological polar surface area (TPSA) is 416 Å². The van der Waals surface area contributed by atoms with E-state index in [-0.39, 0.29) is 98.7 Å². The number of nitrogens with zero attached hydrogens (tertiary/aromatic N) is 12. The van der Waals surface area contributed by atoms with Gasteiger partial charge in [-0.3, -0.25) is 45.9 Å². The molecule has 6 N–H and O–H groups in total. The summed E-state index contributed by atoms with van der Waals surface area (Å²) in [5.74, 6) is -2.83. The first-order chi connectivity index (χ1) is 39.3. The maximum Gasteiger partial charge on any atom is 0.510 e. The summed E-state index contributed by atoms with van der Waals surface area (Å²) < 4.78 is 77.2. The second-order valence-corrected chi connectivity index (χ2v) is 18.3. The highest BCUT2D eigenvalue weighted by Crippen LogP contribution is 2.45. The number of aromatic nitrogens is 8. The van der Waals surface area contributed by atoms with Crippen LogP contribution in [0.5, 0.6) is 23.1 Å². The van der Waals surface area contributed by atoms with Gasteiger partial charge in [-0.2, -0.15) is 18.1 Å². The van der Waals surface area contributed by atoms with Crippen LogP contribution in [0, 0.1) is 6.92 Å². The average molecular weight is 1170 g/mol.